The standard InChI is InChI=1S/C62H57N/c1-40-16-15-19-44(36-40)62(43-17-7-6-8-18-43)56-25-14-11-22-50(56)53-37-42(28-35-57(53)62)41-26-29-45(30-27-41)63(46-31-33-51-48-20-9-12-23-54(48)60(2,3)58(51)38-46)47-32-34-52-49-21-10-13-24-55(49)61(4,5)59(52)39-47/h7,9-15,17-26,28-29,31-38,40,59H,6,8,16,27,30,39H2,1-5H3. The summed E-state index contributed by atoms with van der Waals surface area (Å²) in [5, 5.41) is 0. The highest BCUT2D eigenvalue weighted by atomic mass is 15.2. The molecule has 7 aliphatic rings. The molecule has 0 saturated heterocycles. The highest BCUT2D eigenvalue weighted by molar-refractivity contribution is 5.90. The molecule has 0 N–H and O–H groups in total. The van der Waals surface area contributed by atoms with Gasteiger partial charge in [0, 0.05) is 22.5 Å². The van der Waals surface area contributed by atoms with E-state index in [1.54, 1.807) is 0 Å². The van der Waals surface area contributed by atoms with E-state index in [1.165, 1.54) is 101 Å². The van der Waals surface area contributed by atoms with Gasteiger partial charge in [-0.2, -0.15) is 0 Å². The molecule has 1 nitrogen and oxygen atoms in total. The highest BCUT2D eigenvalue weighted by Crippen LogP contribution is 2.60. The molecular formula is C62H57N. The van der Waals surface area contributed by atoms with Crippen molar-refractivity contribution in [2.45, 2.75) is 89.4 Å². The maximum Gasteiger partial charge on any atom is 0.0707 e. The van der Waals surface area contributed by atoms with Crippen molar-refractivity contribution in [1.82, 2.24) is 0 Å². The molecular weight excluding hydrogens is 759 g/mol. The Kier molecular flexibility index (Phi) is 8.66. The molecule has 310 valence electrons. The SMILES string of the molecule is CC1C=C(C2(C3=CCCC=C3)c3ccccc3-c3cc(C4=CC=C(N(C5=CC=C6c7ccccc7C(C)(C)C6C5)c5ccc6c(c5)C(C)(C)c5ccccc5-6)CC4)ccc32)C=CC1. The first-order valence-corrected chi connectivity index (χ1v) is 23.6. The minimum Gasteiger partial charge on any atom is -0.318 e. The first-order chi connectivity index (χ1) is 30.7. The summed E-state index contributed by atoms with van der Waals surface area (Å²) in [6, 6.07) is 42.1. The van der Waals surface area contributed by atoms with Gasteiger partial charge in [-0.05, 0) is 170 Å². The van der Waals surface area contributed by atoms with E-state index in [-0.39, 0.29) is 16.2 Å². The molecule has 0 bridgehead atoms. The first-order valence-electron chi connectivity index (χ1n) is 23.6. The van der Waals surface area contributed by atoms with Gasteiger partial charge < -0.3 is 4.90 Å². The molecule has 0 spiro atoms. The fourth-order valence-corrected chi connectivity index (χ4v) is 12.9. The molecule has 5 aromatic carbocycles. The molecule has 0 radical (unpaired) electrons. The van der Waals surface area contributed by atoms with E-state index in [9.17, 15) is 0 Å². The molecule has 0 saturated carbocycles. The normalized spacial score (nSPS) is 24.0. The zero-order valence-electron chi connectivity index (χ0n) is 37.5. The number of rotatable bonds is 6. The number of allylic oxidation sites excluding steroid dienone is 16. The summed E-state index contributed by atoms with van der Waals surface area (Å²) in [6.45, 7) is 12.1. The van der Waals surface area contributed by atoms with Crippen LogP contribution in [0.1, 0.15) is 112 Å². The molecule has 63 heavy (non-hydrogen) atoms. The van der Waals surface area contributed by atoms with Crippen molar-refractivity contribution in [3.63, 3.8) is 0 Å². The van der Waals surface area contributed by atoms with Gasteiger partial charge in [-0.25, -0.2) is 0 Å². The monoisotopic (exact) mass is 815 g/mol. The summed E-state index contributed by atoms with van der Waals surface area (Å²) < 4.78 is 0. The Morgan fingerprint density at radius 1 is 0.556 bits per heavy atom. The second-order valence-electron chi connectivity index (χ2n) is 20.3. The van der Waals surface area contributed by atoms with Crippen molar-refractivity contribution in [2.75, 3.05) is 4.90 Å². The highest BCUT2D eigenvalue weighted by Gasteiger charge is 2.48. The lowest BCUT2D eigenvalue weighted by Crippen LogP contribution is -2.31. The summed E-state index contributed by atoms with van der Waals surface area (Å²) in [6.07, 6.45) is 30.7. The Balaban J connectivity index is 0.964. The average molecular weight is 816 g/mol. The van der Waals surface area contributed by atoms with Crippen LogP contribution in [0, 0.1) is 11.8 Å². The van der Waals surface area contributed by atoms with Crippen LogP contribution in [-0.2, 0) is 16.2 Å². The quantitative estimate of drug-likeness (QED) is 0.165. The molecule has 0 amide bonds. The predicted octanol–water partition coefficient (Wildman–Crippen LogP) is 15.9. The first kappa shape index (κ1) is 38.5. The van der Waals surface area contributed by atoms with Gasteiger partial charge in [0.15, 0.2) is 0 Å². The van der Waals surface area contributed by atoms with Gasteiger partial charge in [0.25, 0.3) is 0 Å². The predicted molar refractivity (Wildman–Crippen MR) is 266 cm³/mol. The number of benzene rings is 5. The minimum absolute atomic E-state index is 0.0544. The van der Waals surface area contributed by atoms with Gasteiger partial charge in [-0.3, -0.25) is 0 Å². The fraction of sp³-hybridized carbons (Fsp3) is 0.258. The van der Waals surface area contributed by atoms with Crippen LogP contribution in [0.2, 0.25) is 0 Å². The van der Waals surface area contributed by atoms with E-state index in [2.05, 4.69) is 209 Å². The second-order valence-corrected chi connectivity index (χ2v) is 20.3. The lowest BCUT2D eigenvalue weighted by atomic mass is 9.64. The van der Waals surface area contributed by atoms with E-state index in [0.717, 1.165) is 38.5 Å². The van der Waals surface area contributed by atoms with Crippen LogP contribution in [0.15, 0.2) is 192 Å². The van der Waals surface area contributed by atoms with Gasteiger partial charge in [0.2, 0.25) is 0 Å². The van der Waals surface area contributed by atoms with Crippen molar-refractivity contribution in [2.24, 2.45) is 11.8 Å². The number of hydrogen-bond acceptors (Lipinski definition) is 1. The molecule has 12 rings (SSSR count). The van der Waals surface area contributed by atoms with Crippen molar-refractivity contribution in [3.05, 3.63) is 231 Å². The van der Waals surface area contributed by atoms with E-state index in [4.69, 9.17) is 0 Å². The van der Waals surface area contributed by atoms with Crippen molar-refractivity contribution < 1.29 is 0 Å². The van der Waals surface area contributed by atoms with Crippen LogP contribution < -0.4 is 4.90 Å². The van der Waals surface area contributed by atoms with Crippen LogP contribution in [0.25, 0.3) is 33.4 Å². The molecule has 5 aromatic rings. The van der Waals surface area contributed by atoms with Crippen LogP contribution in [0.3, 0.4) is 0 Å². The second kappa shape index (κ2) is 14.2. The molecule has 0 aliphatic heterocycles. The Labute approximate surface area is 375 Å². The van der Waals surface area contributed by atoms with E-state index < -0.39 is 0 Å². The van der Waals surface area contributed by atoms with E-state index >= 15 is 0 Å². The minimum atomic E-state index is -0.301. The molecule has 1 heteroatoms. The Bertz CT molecular complexity index is 3030. The number of anilines is 1. The maximum absolute atomic E-state index is 2.64. The Hall–Kier alpha value is -6.18. The smallest absolute Gasteiger partial charge is 0.0707 e. The van der Waals surface area contributed by atoms with Gasteiger partial charge >= 0.3 is 0 Å². The third-order valence-corrected chi connectivity index (χ3v) is 16.1. The van der Waals surface area contributed by atoms with Crippen LogP contribution in [-0.4, -0.2) is 0 Å². The van der Waals surface area contributed by atoms with Gasteiger partial charge in [-0.15, -0.1) is 0 Å². The molecule has 0 heterocycles. The van der Waals surface area contributed by atoms with Gasteiger partial charge in [0.05, 0.1) is 5.41 Å². The number of hydrogen-bond donors (Lipinski definition) is 0. The topological polar surface area (TPSA) is 3.24 Å². The summed E-state index contributed by atoms with van der Waals surface area (Å²) in [7, 11) is 0. The fourth-order valence-electron chi connectivity index (χ4n) is 12.9. The summed E-state index contributed by atoms with van der Waals surface area (Å²) in [5.41, 5.74) is 24.9. The largest absolute Gasteiger partial charge is 0.318 e. The maximum atomic E-state index is 2.64. The molecule has 7 aliphatic carbocycles. The van der Waals surface area contributed by atoms with Gasteiger partial charge in [-0.1, -0.05) is 174 Å². The lowest BCUT2D eigenvalue weighted by Gasteiger charge is -2.38. The third kappa shape index (κ3) is 5.61. The summed E-state index contributed by atoms with van der Waals surface area (Å²) in [4.78, 5) is 2.64. The molecule has 0 aromatic heterocycles. The molecule has 3 atom stereocenters. The summed E-state index contributed by atoms with van der Waals surface area (Å²) >= 11 is 0. The average Bonchev–Trinajstić information content (AvgIpc) is 3.84. The zero-order valence-corrected chi connectivity index (χ0v) is 37.5. The van der Waals surface area contributed by atoms with Crippen molar-refractivity contribution >= 4 is 16.8 Å². The van der Waals surface area contributed by atoms with E-state index in [0.29, 0.717) is 11.8 Å². The molecule has 0 fully saturated rings. The van der Waals surface area contributed by atoms with E-state index in [1.807, 2.05) is 0 Å². The number of fused-ring (bicyclic) bond motifs is 9. The zero-order chi connectivity index (χ0) is 42.7. The third-order valence-electron chi connectivity index (χ3n) is 16.1. The van der Waals surface area contributed by atoms with Crippen molar-refractivity contribution in [3.8, 4) is 22.3 Å². The lowest BCUT2D eigenvalue weighted by molar-refractivity contribution is 0.406. The van der Waals surface area contributed by atoms with Crippen LogP contribution >= 0.6 is 0 Å². The number of nitrogens with zero attached hydrogens (tertiary/aromatic N) is 1. The van der Waals surface area contributed by atoms with Gasteiger partial charge in [0.1, 0.15) is 0 Å². The summed E-state index contributed by atoms with van der Waals surface area (Å²) in [5.74, 6) is 0.939. The van der Waals surface area contributed by atoms with Crippen molar-refractivity contribution in [1.29, 1.82) is 0 Å². The molecule has 3 unspecified atom stereocenters. The van der Waals surface area contributed by atoms with Crippen LogP contribution in [0.5, 0.6) is 0 Å². The Morgan fingerprint density at radius 2 is 1.25 bits per heavy atom. The van der Waals surface area contributed by atoms with Crippen LogP contribution in [0.4, 0.5) is 5.69 Å². The Morgan fingerprint density at radius 3 is 2.02 bits per heavy atom.